The Balaban J connectivity index is 2.34. The maximum Gasteiger partial charge on any atom is 0.339 e. The maximum atomic E-state index is 11.3. The highest BCUT2D eigenvalue weighted by atomic mass is 16.6. The van der Waals surface area contributed by atoms with Crippen molar-refractivity contribution in [3.05, 3.63) is 27.9 Å². The number of nitrogens with one attached hydrogen (secondary N) is 1. The molecule has 1 aromatic rings. The zero-order valence-electron chi connectivity index (χ0n) is 11.1. The van der Waals surface area contributed by atoms with Gasteiger partial charge in [0, 0.05) is 19.2 Å². The minimum absolute atomic E-state index is 0.139. The van der Waals surface area contributed by atoms with Crippen LogP contribution in [0.3, 0.4) is 0 Å². The van der Waals surface area contributed by atoms with Crippen LogP contribution in [0.4, 0.5) is 11.5 Å². The second kappa shape index (κ2) is 5.83. The highest BCUT2D eigenvalue weighted by molar-refractivity contribution is 5.94. The van der Waals surface area contributed by atoms with E-state index in [1.807, 2.05) is 0 Å². The molecule has 1 saturated heterocycles. The standard InChI is InChI=1S/C12H16N4O4/c1-15(8-2-4-13-5-3-8)11-10(12(17)18)6-9(7-14-11)16(19)20/h6-8,13H,2-5H2,1H3,(H,17,18). The molecule has 0 amide bonds. The summed E-state index contributed by atoms with van der Waals surface area (Å²) in [7, 11) is 1.77. The molecular formula is C12H16N4O4. The van der Waals surface area contributed by atoms with Crippen molar-refractivity contribution in [2.75, 3.05) is 25.0 Å². The first-order valence-corrected chi connectivity index (χ1v) is 6.32. The Morgan fingerprint density at radius 1 is 1.55 bits per heavy atom. The molecule has 0 saturated carbocycles. The van der Waals surface area contributed by atoms with Gasteiger partial charge in [0.1, 0.15) is 17.6 Å². The summed E-state index contributed by atoms with van der Waals surface area (Å²) in [5.41, 5.74) is -0.454. The number of aromatic carboxylic acids is 1. The first-order valence-electron chi connectivity index (χ1n) is 6.32. The second-order valence-corrected chi connectivity index (χ2v) is 4.72. The third-order valence-electron chi connectivity index (χ3n) is 3.48. The van der Waals surface area contributed by atoms with Crippen molar-refractivity contribution in [2.45, 2.75) is 18.9 Å². The molecule has 2 heterocycles. The molecule has 1 aliphatic rings. The molecule has 20 heavy (non-hydrogen) atoms. The first kappa shape index (κ1) is 14.2. The molecule has 1 aromatic heterocycles. The number of carbonyl (C=O) groups is 1. The molecule has 0 aromatic carbocycles. The van der Waals surface area contributed by atoms with Crippen molar-refractivity contribution in [1.82, 2.24) is 10.3 Å². The van der Waals surface area contributed by atoms with Crippen molar-refractivity contribution in [3.63, 3.8) is 0 Å². The van der Waals surface area contributed by atoms with Crippen molar-refractivity contribution >= 4 is 17.5 Å². The molecular weight excluding hydrogens is 264 g/mol. The van der Waals surface area contributed by atoms with Gasteiger partial charge in [0.25, 0.3) is 5.69 Å². The summed E-state index contributed by atoms with van der Waals surface area (Å²) in [6.07, 6.45) is 2.86. The summed E-state index contributed by atoms with van der Waals surface area (Å²) >= 11 is 0. The zero-order valence-corrected chi connectivity index (χ0v) is 11.1. The van der Waals surface area contributed by atoms with Crippen LogP contribution in [0.1, 0.15) is 23.2 Å². The molecule has 1 fully saturated rings. The third-order valence-corrected chi connectivity index (χ3v) is 3.48. The van der Waals surface area contributed by atoms with E-state index >= 15 is 0 Å². The molecule has 0 radical (unpaired) electrons. The van der Waals surface area contributed by atoms with Crippen molar-refractivity contribution in [2.24, 2.45) is 0 Å². The predicted molar refractivity (Wildman–Crippen MR) is 72.1 cm³/mol. The topological polar surface area (TPSA) is 109 Å². The molecule has 0 aliphatic carbocycles. The van der Waals surface area contributed by atoms with E-state index < -0.39 is 10.9 Å². The number of piperidine rings is 1. The molecule has 8 nitrogen and oxygen atoms in total. The lowest BCUT2D eigenvalue weighted by molar-refractivity contribution is -0.385. The Morgan fingerprint density at radius 3 is 2.75 bits per heavy atom. The van der Waals surface area contributed by atoms with E-state index in [0.717, 1.165) is 38.2 Å². The van der Waals surface area contributed by atoms with Crippen molar-refractivity contribution in [3.8, 4) is 0 Å². The van der Waals surface area contributed by atoms with Gasteiger partial charge in [-0.2, -0.15) is 0 Å². The van der Waals surface area contributed by atoms with E-state index in [-0.39, 0.29) is 23.1 Å². The molecule has 2 N–H and O–H groups in total. The number of nitro groups is 1. The molecule has 2 rings (SSSR count). The van der Waals surface area contributed by atoms with Gasteiger partial charge in [-0.15, -0.1) is 0 Å². The monoisotopic (exact) mass is 280 g/mol. The Labute approximate surface area is 115 Å². The molecule has 0 spiro atoms. The summed E-state index contributed by atoms with van der Waals surface area (Å²) < 4.78 is 0. The van der Waals surface area contributed by atoms with Crippen LogP contribution < -0.4 is 10.2 Å². The summed E-state index contributed by atoms with van der Waals surface area (Å²) in [4.78, 5) is 27.1. The lowest BCUT2D eigenvalue weighted by Crippen LogP contribution is -2.42. The quantitative estimate of drug-likeness (QED) is 0.622. The zero-order chi connectivity index (χ0) is 14.7. The maximum absolute atomic E-state index is 11.3. The van der Waals surface area contributed by atoms with Crippen LogP contribution >= 0.6 is 0 Å². The number of aromatic nitrogens is 1. The van der Waals surface area contributed by atoms with Gasteiger partial charge in [0.05, 0.1) is 4.92 Å². The number of carboxylic acid groups (broad SMARTS) is 1. The normalized spacial score (nSPS) is 15.8. The van der Waals surface area contributed by atoms with Crippen LogP contribution in [0.15, 0.2) is 12.3 Å². The fourth-order valence-corrected chi connectivity index (χ4v) is 2.35. The SMILES string of the molecule is CN(c1ncc([N+](=O)[O-])cc1C(=O)O)C1CCNCC1. The van der Waals surface area contributed by atoms with Crippen LogP contribution in [0.5, 0.6) is 0 Å². The third kappa shape index (κ3) is 2.85. The minimum atomic E-state index is -1.21. The number of anilines is 1. The Hall–Kier alpha value is -2.22. The average molecular weight is 280 g/mol. The molecule has 0 bridgehead atoms. The average Bonchev–Trinajstić information content (AvgIpc) is 2.46. The van der Waals surface area contributed by atoms with Crippen LogP contribution in [-0.4, -0.2) is 47.2 Å². The van der Waals surface area contributed by atoms with Gasteiger partial charge in [0.15, 0.2) is 0 Å². The van der Waals surface area contributed by atoms with Crippen LogP contribution in [0, 0.1) is 10.1 Å². The van der Waals surface area contributed by atoms with E-state index in [2.05, 4.69) is 10.3 Å². The summed E-state index contributed by atoms with van der Waals surface area (Å²) in [6.45, 7) is 1.73. The largest absolute Gasteiger partial charge is 0.478 e. The number of rotatable bonds is 4. The molecule has 1 aliphatic heterocycles. The van der Waals surface area contributed by atoms with E-state index in [9.17, 15) is 20.0 Å². The minimum Gasteiger partial charge on any atom is -0.478 e. The first-order chi connectivity index (χ1) is 9.50. The summed E-state index contributed by atoms with van der Waals surface area (Å²) in [6, 6.07) is 1.24. The lowest BCUT2D eigenvalue weighted by Gasteiger charge is -2.33. The summed E-state index contributed by atoms with van der Waals surface area (Å²) in [5, 5.41) is 23.2. The van der Waals surface area contributed by atoms with E-state index in [1.54, 1.807) is 11.9 Å². The van der Waals surface area contributed by atoms with Crippen LogP contribution in [0.2, 0.25) is 0 Å². The van der Waals surface area contributed by atoms with Gasteiger partial charge < -0.3 is 15.3 Å². The molecule has 0 atom stereocenters. The summed E-state index contributed by atoms with van der Waals surface area (Å²) in [5.74, 6) is -0.938. The van der Waals surface area contributed by atoms with E-state index in [1.165, 1.54) is 0 Å². The number of hydrogen-bond acceptors (Lipinski definition) is 6. The smallest absolute Gasteiger partial charge is 0.339 e. The van der Waals surface area contributed by atoms with Gasteiger partial charge in [-0.25, -0.2) is 9.78 Å². The van der Waals surface area contributed by atoms with Crippen molar-refractivity contribution in [1.29, 1.82) is 0 Å². The van der Waals surface area contributed by atoms with E-state index in [0.29, 0.717) is 0 Å². The molecule has 0 unspecified atom stereocenters. The van der Waals surface area contributed by atoms with Crippen LogP contribution in [-0.2, 0) is 0 Å². The number of hydrogen-bond donors (Lipinski definition) is 2. The Morgan fingerprint density at radius 2 is 2.20 bits per heavy atom. The van der Waals surface area contributed by atoms with Crippen molar-refractivity contribution < 1.29 is 14.8 Å². The Kier molecular flexibility index (Phi) is 4.14. The van der Waals surface area contributed by atoms with Gasteiger partial charge in [-0.1, -0.05) is 0 Å². The number of nitrogens with zero attached hydrogens (tertiary/aromatic N) is 3. The Bertz CT molecular complexity index is 528. The fraction of sp³-hybridized carbons (Fsp3) is 0.500. The predicted octanol–water partition coefficient (Wildman–Crippen LogP) is 0.876. The van der Waals surface area contributed by atoms with Gasteiger partial charge >= 0.3 is 5.97 Å². The van der Waals surface area contributed by atoms with Crippen LogP contribution in [0.25, 0.3) is 0 Å². The number of pyridine rings is 1. The lowest BCUT2D eigenvalue weighted by atomic mass is 10.0. The van der Waals surface area contributed by atoms with Gasteiger partial charge in [-0.3, -0.25) is 10.1 Å². The van der Waals surface area contributed by atoms with Gasteiger partial charge in [-0.05, 0) is 25.9 Å². The van der Waals surface area contributed by atoms with Gasteiger partial charge in [0.2, 0.25) is 0 Å². The van der Waals surface area contributed by atoms with E-state index in [4.69, 9.17) is 0 Å². The highest BCUT2D eigenvalue weighted by Gasteiger charge is 2.25. The number of carboxylic acids is 1. The fourth-order valence-electron chi connectivity index (χ4n) is 2.35. The second-order valence-electron chi connectivity index (χ2n) is 4.72. The molecule has 8 heteroatoms. The highest BCUT2D eigenvalue weighted by Crippen LogP contribution is 2.25. The molecule has 108 valence electrons.